The quantitative estimate of drug-likeness (QED) is 0.684. The van der Waals surface area contributed by atoms with Crippen LogP contribution in [-0.4, -0.2) is 70.0 Å². The van der Waals surface area contributed by atoms with Gasteiger partial charge in [0.15, 0.2) is 5.65 Å². The summed E-state index contributed by atoms with van der Waals surface area (Å²) in [6.07, 6.45) is 5.25. The second-order valence-corrected chi connectivity index (χ2v) is 6.29. The molecule has 0 radical (unpaired) electrons. The van der Waals surface area contributed by atoms with E-state index in [4.69, 9.17) is 0 Å². The fourth-order valence-electron chi connectivity index (χ4n) is 3.06. The Bertz CT molecular complexity index is 880. The van der Waals surface area contributed by atoms with Crippen molar-refractivity contribution in [3.05, 3.63) is 24.8 Å². The number of anilines is 3. The standard InChI is InChI=1S/C16H21N9/c1-22(2)13-4-5-17-16(21-13)25-8-6-24(7-9-25)15-12-10-20-23(3)14(12)18-11-19-15/h4-5,10-11H,6-9H2,1-3H3. The molecule has 0 aromatic carbocycles. The van der Waals surface area contributed by atoms with Gasteiger partial charge in [-0.1, -0.05) is 0 Å². The molecule has 0 unspecified atom stereocenters. The van der Waals surface area contributed by atoms with E-state index in [9.17, 15) is 0 Å². The molecule has 4 rings (SSSR count). The number of aryl methyl sites for hydroxylation is 1. The van der Waals surface area contributed by atoms with Crippen LogP contribution in [0.1, 0.15) is 0 Å². The first kappa shape index (κ1) is 15.6. The molecule has 0 aliphatic carbocycles. The zero-order chi connectivity index (χ0) is 17.4. The minimum absolute atomic E-state index is 0.778. The molecule has 9 nitrogen and oxygen atoms in total. The molecule has 3 aromatic rings. The molecule has 0 atom stereocenters. The molecule has 9 heteroatoms. The maximum Gasteiger partial charge on any atom is 0.227 e. The van der Waals surface area contributed by atoms with Gasteiger partial charge in [-0.25, -0.2) is 15.0 Å². The summed E-state index contributed by atoms with van der Waals surface area (Å²) in [5, 5.41) is 5.28. The zero-order valence-electron chi connectivity index (χ0n) is 14.7. The zero-order valence-corrected chi connectivity index (χ0v) is 14.7. The van der Waals surface area contributed by atoms with Gasteiger partial charge in [0, 0.05) is 53.5 Å². The van der Waals surface area contributed by atoms with Crippen LogP contribution in [0.25, 0.3) is 11.0 Å². The Labute approximate surface area is 145 Å². The molecule has 25 heavy (non-hydrogen) atoms. The van der Waals surface area contributed by atoms with Gasteiger partial charge in [0.25, 0.3) is 0 Å². The first-order valence-corrected chi connectivity index (χ1v) is 8.26. The molecule has 0 amide bonds. The van der Waals surface area contributed by atoms with E-state index in [0.29, 0.717) is 0 Å². The van der Waals surface area contributed by atoms with Gasteiger partial charge < -0.3 is 14.7 Å². The SMILES string of the molecule is CN(C)c1ccnc(N2CCN(c3ncnc4c3cnn4C)CC2)n1. The highest BCUT2D eigenvalue weighted by Crippen LogP contribution is 2.24. The van der Waals surface area contributed by atoms with Crippen LogP contribution in [0.5, 0.6) is 0 Å². The lowest BCUT2D eigenvalue weighted by Gasteiger charge is -2.35. The maximum absolute atomic E-state index is 4.63. The monoisotopic (exact) mass is 339 g/mol. The molecule has 0 N–H and O–H groups in total. The van der Waals surface area contributed by atoms with Crippen LogP contribution in [0, 0.1) is 0 Å². The summed E-state index contributed by atoms with van der Waals surface area (Å²) in [4.78, 5) is 24.3. The third-order valence-corrected chi connectivity index (χ3v) is 4.46. The normalized spacial score (nSPS) is 15.0. The third kappa shape index (κ3) is 2.81. The highest BCUT2D eigenvalue weighted by Gasteiger charge is 2.22. The van der Waals surface area contributed by atoms with Crippen LogP contribution in [0.15, 0.2) is 24.8 Å². The minimum Gasteiger partial charge on any atom is -0.363 e. The van der Waals surface area contributed by atoms with Gasteiger partial charge in [0.05, 0.1) is 11.6 Å². The molecule has 1 aliphatic heterocycles. The van der Waals surface area contributed by atoms with Crippen molar-refractivity contribution < 1.29 is 0 Å². The molecule has 0 bridgehead atoms. The second kappa shape index (κ2) is 6.15. The van der Waals surface area contributed by atoms with Gasteiger partial charge in [0.1, 0.15) is 18.0 Å². The number of nitrogens with zero attached hydrogens (tertiary/aromatic N) is 9. The van der Waals surface area contributed by atoms with Crippen LogP contribution in [0.3, 0.4) is 0 Å². The highest BCUT2D eigenvalue weighted by atomic mass is 15.4. The van der Waals surface area contributed by atoms with E-state index in [1.807, 2.05) is 44.5 Å². The Kier molecular flexibility index (Phi) is 3.83. The highest BCUT2D eigenvalue weighted by molar-refractivity contribution is 5.86. The molecule has 130 valence electrons. The van der Waals surface area contributed by atoms with E-state index in [-0.39, 0.29) is 0 Å². The predicted molar refractivity (Wildman–Crippen MR) is 97.1 cm³/mol. The van der Waals surface area contributed by atoms with E-state index in [1.54, 1.807) is 11.0 Å². The van der Waals surface area contributed by atoms with E-state index in [0.717, 1.165) is 54.8 Å². The molecule has 1 fully saturated rings. The van der Waals surface area contributed by atoms with Gasteiger partial charge >= 0.3 is 0 Å². The number of fused-ring (bicyclic) bond motifs is 1. The van der Waals surface area contributed by atoms with Crippen molar-refractivity contribution in [2.24, 2.45) is 7.05 Å². The Hall–Kier alpha value is -2.97. The smallest absolute Gasteiger partial charge is 0.227 e. The summed E-state index contributed by atoms with van der Waals surface area (Å²) < 4.78 is 1.78. The van der Waals surface area contributed by atoms with E-state index in [2.05, 4.69) is 34.8 Å². The molecule has 1 saturated heterocycles. The molecular formula is C16H21N9. The van der Waals surface area contributed by atoms with E-state index < -0.39 is 0 Å². The lowest BCUT2D eigenvalue weighted by atomic mass is 10.3. The van der Waals surface area contributed by atoms with Gasteiger partial charge in [-0.05, 0) is 6.07 Å². The van der Waals surface area contributed by atoms with Crippen LogP contribution < -0.4 is 14.7 Å². The van der Waals surface area contributed by atoms with Crippen molar-refractivity contribution in [2.45, 2.75) is 0 Å². The molecule has 3 aromatic heterocycles. The molecule has 0 spiro atoms. The fraction of sp³-hybridized carbons (Fsp3) is 0.438. The van der Waals surface area contributed by atoms with Crippen molar-refractivity contribution in [1.82, 2.24) is 29.7 Å². The molecular weight excluding hydrogens is 318 g/mol. The first-order chi connectivity index (χ1) is 12.1. The van der Waals surface area contributed by atoms with Gasteiger partial charge in [-0.2, -0.15) is 10.1 Å². The van der Waals surface area contributed by atoms with Crippen molar-refractivity contribution in [3.63, 3.8) is 0 Å². The minimum atomic E-state index is 0.778. The Balaban J connectivity index is 1.52. The van der Waals surface area contributed by atoms with Crippen LogP contribution in [0.2, 0.25) is 0 Å². The Morgan fingerprint density at radius 1 is 1.00 bits per heavy atom. The number of hydrogen-bond donors (Lipinski definition) is 0. The number of hydrogen-bond acceptors (Lipinski definition) is 8. The molecule has 0 saturated carbocycles. The topological polar surface area (TPSA) is 79.1 Å². The summed E-state index contributed by atoms with van der Waals surface area (Å²) in [7, 11) is 5.86. The number of aromatic nitrogens is 6. The Morgan fingerprint density at radius 3 is 2.52 bits per heavy atom. The van der Waals surface area contributed by atoms with E-state index >= 15 is 0 Å². The van der Waals surface area contributed by atoms with Crippen molar-refractivity contribution in [3.8, 4) is 0 Å². The van der Waals surface area contributed by atoms with Crippen molar-refractivity contribution >= 4 is 28.6 Å². The summed E-state index contributed by atoms with van der Waals surface area (Å²) in [6, 6.07) is 1.92. The average molecular weight is 339 g/mol. The summed E-state index contributed by atoms with van der Waals surface area (Å²) in [6.45, 7) is 3.42. The summed E-state index contributed by atoms with van der Waals surface area (Å²) >= 11 is 0. The van der Waals surface area contributed by atoms with Crippen molar-refractivity contribution in [2.75, 3.05) is 55.0 Å². The number of piperazine rings is 1. The average Bonchev–Trinajstić information content (AvgIpc) is 3.03. The third-order valence-electron chi connectivity index (χ3n) is 4.46. The van der Waals surface area contributed by atoms with Crippen LogP contribution in [0.4, 0.5) is 17.6 Å². The Morgan fingerprint density at radius 2 is 1.76 bits per heavy atom. The number of rotatable bonds is 3. The summed E-state index contributed by atoms with van der Waals surface area (Å²) in [5.41, 5.74) is 0.856. The van der Waals surface area contributed by atoms with Gasteiger partial charge in [-0.3, -0.25) is 4.68 Å². The molecule has 4 heterocycles. The van der Waals surface area contributed by atoms with Gasteiger partial charge in [0.2, 0.25) is 5.95 Å². The first-order valence-electron chi connectivity index (χ1n) is 8.26. The van der Waals surface area contributed by atoms with Crippen LogP contribution >= 0.6 is 0 Å². The second-order valence-electron chi connectivity index (χ2n) is 6.29. The fourth-order valence-corrected chi connectivity index (χ4v) is 3.06. The lowest BCUT2D eigenvalue weighted by molar-refractivity contribution is 0.635. The predicted octanol–water partition coefficient (Wildman–Crippen LogP) is 0.546. The molecule has 1 aliphatic rings. The summed E-state index contributed by atoms with van der Waals surface area (Å²) in [5.74, 6) is 2.64. The van der Waals surface area contributed by atoms with E-state index in [1.165, 1.54) is 0 Å². The lowest BCUT2D eigenvalue weighted by Crippen LogP contribution is -2.47. The van der Waals surface area contributed by atoms with Crippen molar-refractivity contribution in [1.29, 1.82) is 0 Å². The maximum atomic E-state index is 4.63. The van der Waals surface area contributed by atoms with Gasteiger partial charge in [-0.15, -0.1) is 0 Å². The van der Waals surface area contributed by atoms with Crippen LogP contribution in [-0.2, 0) is 7.05 Å². The largest absolute Gasteiger partial charge is 0.363 e.